The van der Waals surface area contributed by atoms with Crippen molar-refractivity contribution in [1.82, 2.24) is 20.0 Å². The molecule has 1 N–H and O–H groups in total. The second kappa shape index (κ2) is 32.5. The van der Waals surface area contributed by atoms with Crippen LogP contribution in [0.15, 0.2) is 78.9 Å². The van der Waals surface area contributed by atoms with E-state index in [1.807, 2.05) is 71.0 Å². The Morgan fingerprint density at radius 2 is 0.885 bits per heavy atom. The van der Waals surface area contributed by atoms with Crippen LogP contribution in [0.2, 0.25) is 0 Å². The van der Waals surface area contributed by atoms with Crippen molar-refractivity contribution in [3.05, 3.63) is 107 Å². The number of ether oxygens (including phenoxy) is 5. The molecule has 0 unspecified atom stereocenters. The molecule has 0 heterocycles. The van der Waals surface area contributed by atoms with Gasteiger partial charge in [0.2, 0.25) is 0 Å². The fourth-order valence-corrected chi connectivity index (χ4v) is 9.67. The normalized spacial score (nSPS) is 14.9. The fourth-order valence-electron chi connectivity index (χ4n) is 9.67. The Hall–Kier alpha value is -6.76. The maximum atomic E-state index is 15.8. The molecule has 0 radical (unpaired) electrons. The van der Waals surface area contributed by atoms with Crippen LogP contribution in [-0.2, 0) is 92.3 Å². The minimum atomic E-state index is -2.07. The maximum absolute atomic E-state index is 15.8. The molecule has 3 amide bonds. The lowest BCUT2D eigenvalue weighted by atomic mass is 9.86. The molecular formula is C68H100F2N4O13. The summed E-state index contributed by atoms with van der Waals surface area (Å²) in [5, 5.41) is 2.96. The van der Waals surface area contributed by atoms with Crippen LogP contribution in [0, 0.1) is 11.8 Å². The van der Waals surface area contributed by atoms with E-state index in [-0.39, 0.29) is 48.5 Å². The molecule has 0 aliphatic carbocycles. The maximum Gasteiger partial charge on any atom is 0.347 e. The molecule has 484 valence electrons. The van der Waals surface area contributed by atoms with E-state index in [0.29, 0.717) is 24.0 Å². The average molecular weight is 1220 g/mol. The summed E-state index contributed by atoms with van der Waals surface area (Å²) in [7, 11) is 5.41. The summed E-state index contributed by atoms with van der Waals surface area (Å²) in [6.07, 6.45) is -6.93. The number of halogens is 2. The first kappa shape index (κ1) is 74.5. The van der Waals surface area contributed by atoms with Crippen LogP contribution in [-0.4, -0.2) is 150 Å². The molecule has 0 spiro atoms. The molecule has 87 heavy (non-hydrogen) atoms. The largest absolute Gasteiger partial charge is 0.458 e. The minimum absolute atomic E-state index is 0.0119. The predicted octanol–water partition coefficient (Wildman–Crippen LogP) is 10.3. The molecule has 0 bridgehead atoms. The molecule has 19 heteroatoms. The quantitative estimate of drug-likeness (QED) is 0.0470. The Morgan fingerprint density at radius 1 is 0.471 bits per heavy atom. The van der Waals surface area contributed by atoms with Gasteiger partial charge in [0.1, 0.15) is 42.1 Å². The Morgan fingerprint density at radius 3 is 1.32 bits per heavy atom. The van der Waals surface area contributed by atoms with Crippen molar-refractivity contribution in [1.29, 1.82) is 0 Å². The lowest BCUT2D eigenvalue weighted by Gasteiger charge is -2.35. The molecule has 0 aliphatic heterocycles. The van der Waals surface area contributed by atoms with E-state index in [2.05, 4.69) is 26.1 Å². The molecule has 0 aliphatic rings. The van der Waals surface area contributed by atoms with Gasteiger partial charge in [-0.05, 0) is 125 Å². The SMILES string of the molecule is CN[C@@H](CC(C)C)C(=O)O[C@H](CCc1ccc(C(C)(C)C)cc1)C(=O)N(C)[C@@H](CC(C)(C)F)C(=O)O[C@H](C)C(=O)N(C)[C@@H](CC(C)C)C(=O)O[C@H](Cc1ccc(C(C)(C)C)cc1)C(=O)N(C)[C@@H](CC(C)(C)F)C(=O)O[C@H](C)C(=O)OCc1ccccc1. The van der Waals surface area contributed by atoms with Crippen LogP contribution in [0.3, 0.4) is 0 Å². The highest BCUT2D eigenvalue weighted by Gasteiger charge is 2.43. The van der Waals surface area contributed by atoms with Crippen molar-refractivity contribution in [3.8, 4) is 0 Å². The molecular weight excluding hydrogens is 1120 g/mol. The van der Waals surface area contributed by atoms with Gasteiger partial charge in [-0.3, -0.25) is 19.2 Å². The Bertz CT molecular complexity index is 2750. The van der Waals surface area contributed by atoms with Crippen molar-refractivity contribution in [2.45, 2.75) is 233 Å². The number of benzene rings is 3. The number of aryl methyl sites for hydroxylation is 1. The summed E-state index contributed by atoms with van der Waals surface area (Å²) in [6.45, 7) is 27.1. The second-order valence-corrected chi connectivity index (χ2v) is 27.1. The van der Waals surface area contributed by atoms with E-state index in [1.54, 1.807) is 63.4 Å². The molecule has 8 atom stereocenters. The van der Waals surface area contributed by atoms with E-state index in [0.717, 1.165) is 31.4 Å². The molecule has 0 saturated carbocycles. The zero-order valence-electron chi connectivity index (χ0n) is 55.3. The third-order valence-corrected chi connectivity index (χ3v) is 15.0. The number of carbonyl (C=O) groups is 8. The number of esters is 5. The van der Waals surface area contributed by atoms with E-state index in [1.165, 1.54) is 62.7 Å². The summed E-state index contributed by atoms with van der Waals surface area (Å²) in [6, 6.07) is 18.5. The van der Waals surface area contributed by atoms with Gasteiger partial charge in [0, 0.05) is 40.4 Å². The number of nitrogens with zero attached hydrogens (tertiary/aromatic N) is 3. The van der Waals surface area contributed by atoms with Crippen LogP contribution >= 0.6 is 0 Å². The van der Waals surface area contributed by atoms with Gasteiger partial charge in [0.15, 0.2) is 24.4 Å². The van der Waals surface area contributed by atoms with Crippen molar-refractivity contribution in [2.75, 3.05) is 28.2 Å². The zero-order valence-corrected chi connectivity index (χ0v) is 55.3. The number of alkyl halides is 2. The van der Waals surface area contributed by atoms with Crippen LogP contribution in [0.5, 0.6) is 0 Å². The third kappa shape index (κ3) is 24.4. The number of rotatable bonds is 31. The smallest absolute Gasteiger partial charge is 0.347 e. The van der Waals surface area contributed by atoms with E-state index < -0.39 is 120 Å². The molecule has 17 nitrogen and oxygen atoms in total. The highest BCUT2D eigenvalue weighted by molar-refractivity contribution is 5.93. The van der Waals surface area contributed by atoms with Gasteiger partial charge in [-0.2, -0.15) is 0 Å². The lowest BCUT2D eigenvalue weighted by molar-refractivity contribution is -0.176. The molecule has 0 aromatic heterocycles. The summed E-state index contributed by atoms with van der Waals surface area (Å²) < 4.78 is 60.2. The van der Waals surface area contributed by atoms with Gasteiger partial charge in [-0.15, -0.1) is 0 Å². The van der Waals surface area contributed by atoms with Gasteiger partial charge in [0.05, 0.1) is 0 Å². The first-order valence-corrected chi connectivity index (χ1v) is 30.2. The summed E-state index contributed by atoms with van der Waals surface area (Å²) in [5.74, 6) is -7.71. The lowest BCUT2D eigenvalue weighted by Crippen LogP contribution is -2.54. The Labute approximate surface area is 516 Å². The van der Waals surface area contributed by atoms with Crippen LogP contribution in [0.4, 0.5) is 8.78 Å². The Balaban J connectivity index is 2.00. The highest BCUT2D eigenvalue weighted by Crippen LogP contribution is 2.29. The zero-order chi connectivity index (χ0) is 66.1. The predicted molar refractivity (Wildman–Crippen MR) is 330 cm³/mol. The molecule has 0 fully saturated rings. The van der Waals surface area contributed by atoms with Gasteiger partial charge >= 0.3 is 29.8 Å². The highest BCUT2D eigenvalue weighted by atomic mass is 19.1. The number of nitrogens with one attached hydrogen (secondary N) is 1. The average Bonchev–Trinajstić information content (AvgIpc) is 2.55. The van der Waals surface area contributed by atoms with Crippen molar-refractivity contribution >= 4 is 47.6 Å². The summed E-state index contributed by atoms with van der Waals surface area (Å²) in [4.78, 5) is 117. The molecule has 3 aromatic carbocycles. The molecule has 3 aromatic rings. The van der Waals surface area contributed by atoms with Crippen LogP contribution in [0.1, 0.15) is 171 Å². The number of hydrogen-bond donors (Lipinski definition) is 1. The topological polar surface area (TPSA) is 204 Å². The van der Waals surface area contributed by atoms with Gasteiger partial charge in [-0.25, -0.2) is 28.0 Å². The summed E-state index contributed by atoms with van der Waals surface area (Å²) >= 11 is 0. The number of amides is 3. The van der Waals surface area contributed by atoms with Crippen molar-refractivity contribution in [3.63, 3.8) is 0 Å². The van der Waals surface area contributed by atoms with Gasteiger partial charge in [-0.1, -0.05) is 148 Å². The van der Waals surface area contributed by atoms with Crippen LogP contribution < -0.4 is 5.32 Å². The first-order chi connectivity index (χ1) is 40.1. The van der Waals surface area contributed by atoms with E-state index in [9.17, 15) is 38.4 Å². The number of hydrogen-bond acceptors (Lipinski definition) is 14. The molecule has 0 saturated heterocycles. The standard InChI is InChI=1S/C68H100F2N4O13/c1-42(2)36-51(71-17)61(79)86-55(35-30-46-26-31-49(32-27-46)65(7,8)9)58(76)73(19)53(39-67(13,14)69)63(81)84-44(5)57(75)72(18)52(37-43(3)4)62(80)87-56(38-47-28-33-50(34-29-47)66(10,11)12)59(77)74(20)54(40-68(15,16)70)64(82)85-45(6)60(78)83-41-48-24-22-21-23-25-48/h21-29,31-34,42-45,51-56,71H,30,35-41H2,1-20H3/t44-,45-,51+,52+,53+,54+,55-,56-/m1/s1. The molecule has 3 rings (SSSR count). The van der Waals surface area contributed by atoms with Crippen molar-refractivity contribution < 1.29 is 70.8 Å². The Kier molecular flexibility index (Phi) is 27.8. The third-order valence-electron chi connectivity index (χ3n) is 15.0. The van der Waals surface area contributed by atoms with E-state index >= 15 is 8.78 Å². The van der Waals surface area contributed by atoms with Crippen molar-refractivity contribution in [2.24, 2.45) is 11.8 Å². The first-order valence-electron chi connectivity index (χ1n) is 30.2. The second-order valence-electron chi connectivity index (χ2n) is 27.1. The van der Waals surface area contributed by atoms with Gasteiger partial charge < -0.3 is 43.7 Å². The minimum Gasteiger partial charge on any atom is -0.458 e. The number of carbonyl (C=O) groups excluding carboxylic acids is 8. The summed E-state index contributed by atoms with van der Waals surface area (Å²) in [5.41, 5.74) is -0.340. The number of likely N-dealkylation sites (N-methyl/N-ethyl adjacent to an activating group) is 4. The van der Waals surface area contributed by atoms with Gasteiger partial charge in [0.25, 0.3) is 17.7 Å². The van der Waals surface area contributed by atoms with E-state index in [4.69, 9.17) is 23.7 Å². The van der Waals surface area contributed by atoms with Crippen LogP contribution in [0.25, 0.3) is 0 Å². The monoisotopic (exact) mass is 1220 g/mol. The fraction of sp³-hybridized carbons (Fsp3) is 0.618.